The zero-order valence-electron chi connectivity index (χ0n) is 13.2. The van der Waals surface area contributed by atoms with Crippen LogP contribution in [0.5, 0.6) is 0 Å². The van der Waals surface area contributed by atoms with Crippen molar-refractivity contribution in [1.82, 2.24) is 5.32 Å². The van der Waals surface area contributed by atoms with E-state index < -0.39 is 0 Å². The van der Waals surface area contributed by atoms with Crippen molar-refractivity contribution in [2.45, 2.75) is 62.0 Å². The molecule has 0 aromatic carbocycles. The second kappa shape index (κ2) is 5.86. The van der Waals surface area contributed by atoms with Gasteiger partial charge in [0.1, 0.15) is 0 Å². The Morgan fingerprint density at radius 2 is 1.95 bits per heavy atom. The van der Waals surface area contributed by atoms with Crippen LogP contribution in [0, 0.1) is 17.8 Å². The van der Waals surface area contributed by atoms with Gasteiger partial charge in [-0.05, 0) is 74.6 Å². The average Bonchev–Trinajstić information content (AvgIpc) is 2.95. The van der Waals surface area contributed by atoms with Crippen molar-refractivity contribution < 1.29 is 4.79 Å². The molecular formula is C18H25NOS2. The van der Waals surface area contributed by atoms with E-state index in [0.717, 1.165) is 17.8 Å². The maximum absolute atomic E-state index is 12.4. The van der Waals surface area contributed by atoms with E-state index >= 15 is 0 Å². The highest BCUT2D eigenvalue weighted by molar-refractivity contribution is 8.01. The molecule has 120 valence electrons. The fraction of sp³-hybridized carbons (Fsp3) is 0.722. The van der Waals surface area contributed by atoms with Gasteiger partial charge in [-0.15, -0.1) is 23.1 Å². The summed E-state index contributed by atoms with van der Waals surface area (Å²) in [4.78, 5) is 13.7. The highest BCUT2D eigenvalue weighted by Crippen LogP contribution is 2.61. The van der Waals surface area contributed by atoms with Crippen molar-refractivity contribution in [2.75, 3.05) is 0 Å². The maximum Gasteiger partial charge on any atom is 0.233 e. The van der Waals surface area contributed by atoms with Crippen LogP contribution in [0.4, 0.5) is 0 Å². The largest absolute Gasteiger partial charge is 0.350 e. The fourth-order valence-electron chi connectivity index (χ4n) is 5.34. The van der Waals surface area contributed by atoms with Gasteiger partial charge >= 0.3 is 0 Å². The van der Waals surface area contributed by atoms with E-state index in [1.54, 1.807) is 11.3 Å². The summed E-state index contributed by atoms with van der Waals surface area (Å²) in [6.45, 7) is 2.79. The topological polar surface area (TPSA) is 29.1 Å². The molecule has 22 heavy (non-hydrogen) atoms. The molecule has 0 aliphatic heterocycles. The summed E-state index contributed by atoms with van der Waals surface area (Å²) in [6.07, 6.45) is 8.51. The van der Waals surface area contributed by atoms with Crippen LogP contribution in [0.2, 0.25) is 0 Å². The highest BCUT2D eigenvalue weighted by atomic mass is 32.2. The molecule has 5 rings (SSSR count). The standard InChI is InChI=1S/C18H25NOS2/c1-12(17(20)19-11-16-3-2-4-21-16)22-18-8-13-5-14(9-18)7-15(6-13)10-18/h2-4,12-15H,5-11H2,1H3,(H,19,20). The molecule has 1 N–H and O–H groups in total. The van der Waals surface area contributed by atoms with Crippen LogP contribution < -0.4 is 5.32 Å². The first kappa shape index (κ1) is 15.1. The summed E-state index contributed by atoms with van der Waals surface area (Å²) in [6, 6.07) is 4.13. The first-order chi connectivity index (χ1) is 10.6. The molecule has 1 aromatic heterocycles. The van der Waals surface area contributed by atoms with Gasteiger partial charge in [0.15, 0.2) is 0 Å². The van der Waals surface area contributed by atoms with Crippen LogP contribution >= 0.6 is 23.1 Å². The van der Waals surface area contributed by atoms with Crippen molar-refractivity contribution in [3.8, 4) is 0 Å². The minimum absolute atomic E-state index is 0.0798. The summed E-state index contributed by atoms with van der Waals surface area (Å²) < 4.78 is 0.425. The van der Waals surface area contributed by atoms with Crippen LogP contribution in [0.3, 0.4) is 0 Å². The molecule has 0 spiro atoms. The molecule has 1 aromatic rings. The van der Waals surface area contributed by atoms with E-state index in [-0.39, 0.29) is 11.2 Å². The monoisotopic (exact) mass is 335 g/mol. The number of carbonyl (C=O) groups is 1. The van der Waals surface area contributed by atoms with Crippen molar-refractivity contribution >= 4 is 29.0 Å². The van der Waals surface area contributed by atoms with Crippen LogP contribution in [0.25, 0.3) is 0 Å². The highest BCUT2D eigenvalue weighted by Gasteiger charge is 2.52. The summed E-state index contributed by atoms with van der Waals surface area (Å²) in [5, 5.41) is 5.26. The maximum atomic E-state index is 12.4. The molecule has 0 saturated heterocycles. The van der Waals surface area contributed by atoms with Crippen molar-refractivity contribution in [3.63, 3.8) is 0 Å². The molecular weight excluding hydrogens is 310 g/mol. The number of hydrogen-bond acceptors (Lipinski definition) is 3. The van der Waals surface area contributed by atoms with Crippen LogP contribution in [-0.2, 0) is 11.3 Å². The Morgan fingerprint density at radius 3 is 2.50 bits per heavy atom. The molecule has 1 unspecified atom stereocenters. The van der Waals surface area contributed by atoms with Gasteiger partial charge in [0.2, 0.25) is 5.91 Å². The second-order valence-corrected chi connectivity index (χ2v) is 10.5. The Labute approximate surface area is 141 Å². The SMILES string of the molecule is CC(SC12CC3CC(CC(C3)C1)C2)C(=O)NCc1cccs1. The second-order valence-electron chi connectivity index (χ2n) is 7.66. The third kappa shape index (κ3) is 2.96. The third-order valence-corrected chi connectivity index (χ3v) is 8.24. The van der Waals surface area contributed by atoms with Gasteiger partial charge < -0.3 is 5.32 Å². The van der Waals surface area contributed by atoms with Crippen molar-refractivity contribution in [3.05, 3.63) is 22.4 Å². The summed E-state index contributed by atoms with van der Waals surface area (Å²) >= 11 is 3.70. The minimum Gasteiger partial charge on any atom is -0.350 e. The number of rotatable bonds is 5. The van der Waals surface area contributed by atoms with E-state index in [9.17, 15) is 4.79 Å². The number of carbonyl (C=O) groups excluding carboxylic acids is 1. The van der Waals surface area contributed by atoms with E-state index in [0.29, 0.717) is 11.3 Å². The lowest BCUT2D eigenvalue weighted by Crippen LogP contribution is -2.50. The van der Waals surface area contributed by atoms with Crippen LogP contribution in [-0.4, -0.2) is 15.9 Å². The van der Waals surface area contributed by atoms with Gasteiger partial charge in [-0.2, -0.15) is 0 Å². The van der Waals surface area contributed by atoms with Crippen molar-refractivity contribution in [2.24, 2.45) is 17.8 Å². The van der Waals surface area contributed by atoms with Gasteiger partial charge in [0.05, 0.1) is 11.8 Å². The van der Waals surface area contributed by atoms with Crippen LogP contribution in [0.1, 0.15) is 50.3 Å². The first-order valence-electron chi connectivity index (χ1n) is 8.60. The molecule has 4 aliphatic rings. The predicted molar refractivity (Wildman–Crippen MR) is 94.1 cm³/mol. The fourth-order valence-corrected chi connectivity index (χ4v) is 7.92. The zero-order valence-corrected chi connectivity index (χ0v) is 14.8. The summed E-state index contributed by atoms with van der Waals surface area (Å²) in [7, 11) is 0. The number of thioether (sulfide) groups is 1. The summed E-state index contributed by atoms with van der Waals surface area (Å²) in [5.74, 6) is 3.09. The Kier molecular flexibility index (Phi) is 4.02. The molecule has 0 radical (unpaired) electrons. The van der Waals surface area contributed by atoms with Gasteiger partial charge in [-0.1, -0.05) is 6.07 Å². The Hall–Kier alpha value is -0.480. The zero-order chi connectivity index (χ0) is 15.2. The van der Waals surface area contributed by atoms with Crippen LogP contribution in [0.15, 0.2) is 17.5 Å². The number of amides is 1. The average molecular weight is 336 g/mol. The molecule has 1 atom stereocenters. The van der Waals surface area contributed by atoms with Crippen molar-refractivity contribution in [1.29, 1.82) is 0 Å². The van der Waals surface area contributed by atoms with E-state index in [1.807, 2.05) is 17.8 Å². The molecule has 4 saturated carbocycles. The number of nitrogens with one attached hydrogen (secondary N) is 1. The summed E-state index contributed by atoms with van der Waals surface area (Å²) in [5.41, 5.74) is 0. The van der Waals surface area contributed by atoms with Gasteiger partial charge in [-0.25, -0.2) is 0 Å². The quantitative estimate of drug-likeness (QED) is 0.861. The molecule has 1 heterocycles. The van der Waals surface area contributed by atoms with E-state index in [4.69, 9.17) is 0 Å². The lowest BCUT2D eigenvalue weighted by Gasteiger charge is -2.57. The first-order valence-corrected chi connectivity index (χ1v) is 10.4. The Balaban J connectivity index is 1.35. The molecule has 4 heteroatoms. The Bertz CT molecular complexity index is 504. The normalized spacial score (nSPS) is 37.2. The lowest BCUT2D eigenvalue weighted by molar-refractivity contribution is -0.120. The number of thiophene rings is 1. The third-order valence-electron chi connectivity index (χ3n) is 5.80. The van der Waals surface area contributed by atoms with E-state index in [2.05, 4.69) is 23.7 Å². The smallest absolute Gasteiger partial charge is 0.233 e. The number of hydrogen-bond donors (Lipinski definition) is 1. The van der Waals surface area contributed by atoms with Gasteiger partial charge in [0.25, 0.3) is 0 Å². The van der Waals surface area contributed by atoms with Gasteiger partial charge in [-0.3, -0.25) is 4.79 Å². The molecule has 4 fully saturated rings. The lowest BCUT2D eigenvalue weighted by atomic mass is 9.56. The predicted octanol–water partition coefficient (Wildman–Crippen LogP) is 4.45. The van der Waals surface area contributed by atoms with E-state index in [1.165, 1.54) is 43.4 Å². The molecule has 1 amide bonds. The molecule has 4 aliphatic carbocycles. The molecule has 2 nitrogen and oxygen atoms in total. The Morgan fingerprint density at radius 1 is 1.32 bits per heavy atom. The minimum atomic E-state index is 0.0798. The van der Waals surface area contributed by atoms with Gasteiger partial charge in [0, 0.05) is 9.62 Å². The molecule has 4 bridgehead atoms.